The maximum Gasteiger partial charge on any atom is 0.303 e. The van der Waals surface area contributed by atoms with E-state index in [4.69, 9.17) is 9.47 Å². The summed E-state index contributed by atoms with van der Waals surface area (Å²) >= 11 is 0. The van der Waals surface area contributed by atoms with Gasteiger partial charge in [0.05, 0.1) is 5.41 Å². The van der Waals surface area contributed by atoms with Crippen molar-refractivity contribution in [2.24, 2.45) is 50.2 Å². The van der Waals surface area contributed by atoms with Crippen LogP contribution in [0.25, 0.3) is 0 Å². The van der Waals surface area contributed by atoms with Crippen LogP contribution in [0.2, 0.25) is 0 Å². The summed E-state index contributed by atoms with van der Waals surface area (Å²) in [7, 11) is 0. The fourth-order valence-electron chi connectivity index (χ4n) is 11.8. The van der Waals surface area contributed by atoms with Crippen molar-refractivity contribution in [1.82, 2.24) is 5.32 Å². The molecule has 4 saturated carbocycles. The Bertz CT molecular complexity index is 1220. The van der Waals surface area contributed by atoms with Crippen LogP contribution in [0, 0.1) is 50.2 Å². The van der Waals surface area contributed by atoms with Gasteiger partial charge in [0.15, 0.2) is 0 Å². The molecule has 5 rings (SSSR count). The van der Waals surface area contributed by atoms with Crippen LogP contribution in [0.1, 0.15) is 120 Å². The Morgan fingerprint density at radius 2 is 1.56 bits per heavy atom. The summed E-state index contributed by atoms with van der Waals surface area (Å²) in [6.45, 7) is 23.9. The minimum atomic E-state index is -0.468. The van der Waals surface area contributed by atoms with E-state index in [1.807, 2.05) is 0 Å². The molecule has 240 valence electrons. The second-order valence-electron chi connectivity index (χ2n) is 17.1. The number of hydrogen-bond acceptors (Lipinski definition) is 5. The van der Waals surface area contributed by atoms with Crippen LogP contribution in [0.3, 0.4) is 0 Å². The molecule has 1 amide bonds. The third-order valence-corrected chi connectivity index (χ3v) is 14.0. The van der Waals surface area contributed by atoms with Gasteiger partial charge in [-0.2, -0.15) is 0 Å². The van der Waals surface area contributed by atoms with Crippen molar-refractivity contribution in [2.45, 2.75) is 132 Å². The van der Waals surface area contributed by atoms with Crippen molar-refractivity contribution in [1.29, 1.82) is 0 Å². The lowest BCUT2D eigenvalue weighted by Crippen LogP contribution is -2.68. The van der Waals surface area contributed by atoms with E-state index in [-0.39, 0.29) is 56.3 Å². The van der Waals surface area contributed by atoms with Crippen molar-refractivity contribution < 1.29 is 23.9 Å². The highest BCUT2D eigenvalue weighted by Crippen LogP contribution is 2.76. The number of fused-ring (bicyclic) bond motifs is 7. The summed E-state index contributed by atoms with van der Waals surface area (Å²) in [4.78, 5) is 38.5. The Morgan fingerprint density at radius 1 is 0.907 bits per heavy atom. The van der Waals surface area contributed by atoms with E-state index in [0.29, 0.717) is 24.8 Å². The first kappa shape index (κ1) is 32.3. The third-order valence-electron chi connectivity index (χ3n) is 14.0. The van der Waals surface area contributed by atoms with Gasteiger partial charge < -0.3 is 14.8 Å². The Hall–Kier alpha value is -2.11. The summed E-state index contributed by atoms with van der Waals surface area (Å²) < 4.78 is 11.9. The molecule has 0 aromatic rings. The van der Waals surface area contributed by atoms with E-state index >= 15 is 0 Å². The first-order chi connectivity index (χ1) is 19.9. The van der Waals surface area contributed by atoms with Crippen molar-refractivity contribution >= 4 is 17.8 Å². The zero-order chi connectivity index (χ0) is 31.8. The Balaban J connectivity index is 1.58. The molecular formula is C37H57NO5. The van der Waals surface area contributed by atoms with Crippen LogP contribution in [0.15, 0.2) is 24.3 Å². The van der Waals surface area contributed by atoms with Crippen molar-refractivity contribution in [3.05, 3.63) is 24.3 Å². The van der Waals surface area contributed by atoms with Gasteiger partial charge in [0, 0.05) is 25.8 Å². The Kier molecular flexibility index (Phi) is 7.87. The highest BCUT2D eigenvalue weighted by Gasteiger charge is 2.70. The van der Waals surface area contributed by atoms with E-state index in [1.165, 1.54) is 19.4 Å². The van der Waals surface area contributed by atoms with Gasteiger partial charge in [0.25, 0.3) is 0 Å². The van der Waals surface area contributed by atoms with Crippen LogP contribution in [-0.2, 0) is 23.9 Å². The fourth-order valence-corrected chi connectivity index (χ4v) is 11.8. The molecule has 4 fully saturated rings. The van der Waals surface area contributed by atoms with Crippen LogP contribution in [-0.4, -0.2) is 36.6 Å². The fraction of sp³-hybridized carbons (Fsp3) is 0.811. The quantitative estimate of drug-likeness (QED) is 0.262. The first-order valence-electron chi connectivity index (χ1n) is 16.8. The van der Waals surface area contributed by atoms with Gasteiger partial charge in [-0.3, -0.25) is 14.4 Å². The summed E-state index contributed by atoms with van der Waals surface area (Å²) in [5, 5.41) is 3.22. The van der Waals surface area contributed by atoms with Gasteiger partial charge in [-0.1, -0.05) is 66.2 Å². The molecule has 0 aromatic heterocycles. The predicted octanol–water partition coefficient (Wildman–Crippen LogP) is 7.56. The molecule has 0 saturated heterocycles. The third kappa shape index (κ3) is 4.74. The molecule has 6 heteroatoms. The smallest absolute Gasteiger partial charge is 0.303 e. The molecule has 0 aliphatic heterocycles. The molecule has 0 radical (unpaired) electrons. The molecule has 43 heavy (non-hydrogen) atoms. The first-order valence-corrected chi connectivity index (χ1v) is 16.8. The highest BCUT2D eigenvalue weighted by atomic mass is 16.6. The monoisotopic (exact) mass is 595 g/mol. The molecule has 6 nitrogen and oxygen atoms in total. The SMILES string of the molecule is C=CCNC(=O)[C@]12CCC(C)(C)C[C@H]1C1=CC[C@@H]3[C@@]4(C)C[C@@H](OC(C)=O)[C@H](OC(C)=O)C(C)(C)[C@@H]4CC[C@@]3(C)[C@]1(C)CC2. The lowest BCUT2D eigenvalue weighted by atomic mass is 9.33. The minimum absolute atomic E-state index is 0.0159. The normalized spacial score (nSPS) is 44.2. The van der Waals surface area contributed by atoms with E-state index in [9.17, 15) is 14.4 Å². The number of carbonyl (C=O) groups is 3. The van der Waals surface area contributed by atoms with E-state index in [2.05, 4.69) is 66.4 Å². The predicted molar refractivity (Wildman–Crippen MR) is 169 cm³/mol. The molecule has 0 aromatic carbocycles. The van der Waals surface area contributed by atoms with E-state index in [0.717, 1.165) is 51.4 Å². The molecule has 5 aliphatic carbocycles. The van der Waals surface area contributed by atoms with Gasteiger partial charge in [0.1, 0.15) is 12.2 Å². The maximum atomic E-state index is 13.9. The number of hydrogen-bond donors (Lipinski definition) is 1. The second kappa shape index (κ2) is 10.5. The Labute approximate surface area is 260 Å². The summed E-state index contributed by atoms with van der Waals surface area (Å²) in [5.41, 5.74) is 0.966. The molecule has 0 heterocycles. The number of carbonyl (C=O) groups excluding carboxylic acids is 3. The van der Waals surface area contributed by atoms with Gasteiger partial charge >= 0.3 is 11.9 Å². The van der Waals surface area contributed by atoms with E-state index in [1.54, 1.807) is 6.08 Å². The average molecular weight is 596 g/mol. The van der Waals surface area contributed by atoms with E-state index < -0.39 is 12.2 Å². The van der Waals surface area contributed by atoms with Gasteiger partial charge in [0.2, 0.25) is 5.91 Å². The minimum Gasteiger partial charge on any atom is -0.459 e. The van der Waals surface area contributed by atoms with Crippen LogP contribution in [0.4, 0.5) is 0 Å². The molecule has 1 N–H and O–H groups in total. The molecule has 5 aliphatic rings. The summed E-state index contributed by atoms with van der Waals surface area (Å²) in [6.07, 6.45) is 12.2. The lowest BCUT2D eigenvalue weighted by Gasteiger charge is -2.71. The van der Waals surface area contributed by atoms with Gasteiger partial charge in [-0.25, -0.2) is 0 Å². The summed E-state index contributed by atoms with van der Waals surface area (Å²) in [5.74, 6) is 0.530. The zero-order valence-electron chi connectivity index (χ0n) is 28.4. The molecular weight excluding hydrogens is 538 g/mol. The molecule has 0 unspecified atom stereocenters. The maximum absolute atomic E-state index is 13.9. The summed E-state index contributed by atoms with van der Waals surface area (Å²) in [6, 6.07) is 0. The highest BCUT2D eigenvalue weighted by molar-refractivity contribution is 5.84. The number of esters is 2. The van der Waals surface area contributed by atoms with Gasteiger partial charge in [-0.15, -0.1) is 6.58 Å². The van der Waals surface area contributed by atoms with Crippen LogP contribution in [0.5, 0.6) is 0 Å². The van der Waals surface area contributed by atoms with Crippen molar-refractivity contribution in [2.75, 3.05) is 6.54 Å². The topological polar surface area (TPSA) is 81.7 Å². The average Bonchev–Trinajstić information content (AvgIpc) is 2.89. The standard InChI is InChI=1S/C37H57NO5/c1-11-20-38-31(41)37-18-16-32(4,5)21-26(37)25-12-13-29-34(8)22-27(42-23(2)39)30(43-24(3)40)33(6,7)28(34)14-15-36(29,10)35(25,9)17-19-37/h11-12,26-30H,1,13-22H2,2-10H3,(H,38,41)/t26-,27+,28-,29+,30-,34-,35+,36+,37-/m0/s1. The van der Waals surface area contributed by atoms with Crippen LogP contribution >= 0.6 is 0 Å². The number of ether oxygens (including phenoxy) is 2. The molecule has 0 spiro atoms. The largest absolute Gasteiger partial charge is 0.459 e. The second-order valence-corrected chi connectivity index (χ2v) is 17.1. The van der Waals surface area contributed by atoms with Crippen LogP contribution < -0.4 is 5.32 Å². The number of allylic oxidation sites excluding steroid dienone is 2. The number of nitrogens with one attached hydrogen (secondary N) is 1. The lowest BCUT2D eigenvalue weighted by molar-refractivity contribution is -0.243. The molecule has 0 bridgehead atoms. The van der Waals surface area contributed by atoms with Gasteiger partial charge in [-0.05, 0) is 97.2 Å². The van der Waals surface area contributed by atoms with Crippen molar-refractivity contribution in [3.63, 3.8) is 0 Å². The number of rotatable bonds is 5. The van der Waals surface area contributed by atoms with Crippen molar-refractivity contribution in [3.8, 4) is 0 Å². The molecule has 9 atom stereocenters. The Morgan fingerprint density at radius 3 is 2.19 bits per heavy atom. The number of amides is 1. The zero-order valence-corrected chi connectivity index (χ0v) is 28.4.